The first kappa shape index (κ1) is 21.9. The zero-order valence-electron chi connectivity index (χ0n) is 18.0. The van der Waals surface area contributed by atoms with Gasteiger partial charge < -0.3 is 24.1 Å². The summed E-state index contributed by atoms with van der Waals surface area (Å²) in [6, 6.07) is 12.4. The van der Waals surface area contributed by atoms with E-state index < -0.39 is 5.97 Å². The van der Waals surface area contributed by atoms with Crippen LogP contribution in [0, 0.1) is 6.92 Å². The van der Waals surface area contributed by atoms with Gasteiger partial charge in [0.2, 0.25) is 0 Å². The van der Waals surface area contributed by atoms with E-state index in [1.165, 1.54) is 12.0 Å². The predicted molar refractivity (Wildman–Crippen MR) is 116 cm³/mol. The van der Waals surface area contributed by atoms with Crippen molar-refractivity contribution in [2.45, 2.75) is 20.4 Å². The Labute approximate surface area is 180 Å². The van der Waals surface area contributed by atoms with Crippen molar-refractivity contribution in [3.05, 3.63) is 71.3 Å². The van der Waals surface area contributed by atoms with Crippen LogP contribution in [0.1, 0.15) is 39.2 Å². The van der Waals surface area contributed by atoms with Crippen LogP contribution in [0.4, 0.5) is 11.5 Å². The van der Waals surface area contributed by atoms with Gasteiger partial charge in [0.15, 0.2) is 0 Å². The molecule has 0 aliphatic carbocycles. The Morgan fingerprint density at radius 3 is 2.58 bits per heavy atom. The highest BCUT2D eigenvalue weighted by atomic mass is 16.5. The van der Waals surface area contributed by atoms with Crippen LogP contribution in [0.5, 0.6) is 5.75 Å². The van der Waals surface area contributed by atoms with Crippen molar-refractivity contribution in [2.75, 3.05) is 26.1 Å². The number of hydrogen-bond donors (Lipinski definition) is 1. The number of anilines is 2. The molecule has 8 nitrogen and oxygen atoms in total. The largest absolute Gasteiger partial charge is 0.494 e. The van der Waals surface area contributed by atoms with E-state index in [0.29, 0.717) is 35.1 Å². The van der Waals surface area contributed by atoms with Gasteiger partial charge in [-0.3, -0.25) is 4.79 Å². The number of nitrogens with zero attached hydrogens (tertiary/aromatic N) is 2. The van der Waals surface area contributed by atoms with Gasteiger partial charge in [0.05, 0.1) is 25.8 Å². The Morgan fingerprint density at radius 1 is 1.16 bits per heavy atom. The summed E-state index contributed by atoms with van der Waals surface area (Å²) < 4.78 is 15.8. The third-order valence-electron chi connectivity index (χ3n) is 4.58. The molecule has 0 spiro atoms. The first-order chi connectivity index (χ1) is 14.9. The lowest BCUT2D eigenvalue weighted by atomic mass is 10.2. The van der Waals surface area contributed by atoms with Crippen LogP contribution in [0.15, 0.2) is 53.1 Å². The SMILES string of the molecule is CCOc1ccc(Nc2ncccc2C(=O)N(C)Cc2cc(C(=O)OC)c(C)o2)cc1. The number of aromatic nitrogens is 1. The fourth-order valence-electron chi connectivity index (χ4n) is 3.06. The Hall–Kier alpha value is -3.81. The minimum Gasteiger partial charge on any atom is -0.494 e. The number of benzene rings is 1. The summed E-state index contributed by atoms with van der Waals surface area (Å²) in [5, 5.41) is 3.18. The first-order valence-corrected chi connectivity index (χ1v) is 9.81. The van der Waals surface area contributed by atoms with Gasteiger partial charge in [-0.05, 0) is 56.3 Å². The normalized spacial score (nSPS) is 10.5. The number of furan rings is 1. The fourth-order valence-corrected chi connectivity index (χ4v) is 3.06. The van der Waals surface area contributed by atoms with Crippen molar-refractivity contribution in [2.24, 2.45) is 0 Å². The van der Waals surface area contributed by atoms with E-state index in [4.69, 9.17) is 13.9 Å². The summed E-state index contributed by atoms with van der Waals surface area (Å²) in [4.78, 5) is 30.7. The molecule has 162 valence electrons. The number of hydrogen-bond acceptors (Lipinski definition) is 7. The average molecular weight is 423 g/mol. The second-order valence-electron chi connectivity index (χ2n) is 6.82. The molecule has 8 heteroatoms. The Bertz CT molecular complexity index is 1060. The summed E-state index contributed by atoms with van der Waals surface area (Å²) >= 11 is 0. The van der Waals surface area contributed by atoms with E-state index in [1.807, 2.05) is 31.2 Å². The van der Waals surface area contributed by atoms with Crippen molar-refractivity contribution >= 4 is 23.4 Å². The smallest absolute Gasteiger partial charge is 0.341 e. The average Bonchev–Trinajstić information content (AvgIpc) is 3.14. The maximum absolute atomic E-state index is 13.1. The van der Waals surface area contributed by atoms with Crippen LogP contribution < -0.4 is 10.1 Å². The molecular formula is C23H25N3O5. The number of methoxy groups -OCH3 is 1. The summed E-state index contributed by atoms with van der Waals surface area (Å²) in [5.74, 6) is 1.42. The van der Waals surface area contributed by atoms with E-state index in [-0.39, 0.29) is 12.5 Å². The van der Waals surface area contributed by atoms with Gasteiger partial charge in [-0.25, -0.2) is 9.78 Å². The number of pyridine rings is 1. The molecule has 31 heavy (non-hydrogen) atoms. The van der Waals surface area contributed by atoms with Crippen LogP contribution in [0.25, 0.3) is 0 Å². The molecule has 1 amide bonds. The summed E-state index contributed by atoms with van der Waals surface area (Å²) in [5.41, 5.74) is 1.54. The quantitative estimate of drug-likeness (QED) is 0.543. The molecule has 1 aromatic carbocycles. The van der Waals surface area contributed by atoms with E-state index in [2.05, 4.69) is 10.3 Å². The van der Waals surface area contributed by atoms with Crippen LogP contribution in [0.3, 0.4) is 0 Å². The molecule has 1 N–H and O–H groups in total. The number of carbonyl (C=O) groups is 2. The van der Waals surface area contributed by atoms with Crippen LogP contribution in [0.2, 0.25) is 0 Å². The zero-order valence-corrected chi connectivity index (χ0v) is 18.0. The van der Waals surface area contributed by atoms with Crippen LogP contribution in [-0.4, -0.2) is 42.5 Å². The topological polar surface area (TPSA) is 93.9 Å². The minimum atomic E-state index is -0.476. The molecule has 2 aromatic heterocycles. The number of rotatable bonds is 8. The molecule has 0 fully saturated rings. The molecule has 0 bridgehead atoms. The summed E-state index contributed by atoms with van der Waals surface area (Å²) in [6.07, 6.45) is 1.62. The lowest BCUT2D eigenvalue weighted by Gasteiger charge is -2.18. The maximum Gasteiger partial charge on any atom is 0.341 e. The van der Waals surface area contributed by atoms with Crippen LogP contribution in [-0.2, 0) is 11.3 Å². The van der Waals surface area contributed by atoms with Gasteiger partial charge in [0.1, 0.15) is 28.7 Å². The van der Waals surface area contributed by atoms with Crippen LogP contribution >= 0.6 is 0 Å². The van der Waals surface area contributed by atoms with Gasteiger partial charge in [-0.15, -0.1) is 0 Å². The number of aryl methyl sites for hydroxylation is 1. The monoisotopic (exact) mass is 423 g/mol. The van der Waals surface area contributed by atoms with Gasteiger partial charge in [-0.2, -0.15) is 0 Å². The molecule has 0 saturated carbocycles. The van der Waals surface area contributed by atoms with Crippen molar-refractivity contribution in [3.63, 3.8) is 0 Å². The van der Waals surface area contributed by atoms with Gasteiger partial charge >= 0.3 is 5.97 Å². The second kappa shape index (κ2) is 9.80. The fraction of sp³-hybridized carbons (Fsp3) is 0.261. The number of amides is 1. The minimum absolute atomic E-state index is 0.189. The molecule has 0 radical (unpaired) electrons. The highest BCUT2D eigenvalue weighted by Gasteiger charge is 2.21. The molecule has 0 atom stereocenters. The number of nitrogens with one attached hydrogen (secondary N) is 1. The number of ether oxygens (including phenoxy) is 2. The van der Waals surface area contributed by atoms with Crippen molar-refractivity contribution in [1.29, 1.82) is 0 Å². The van der Waals surface area contributed by atoms with Gasteiger partial charge in [0, 0.05) is 18.9 Å². The lowest BCUT2D eigenvalue weighted by Crippen LogP contribution is -2.27. The van der Waals surface area contributed by atoms with E-state index in [1.54, 1.807) is 38.4 Å². The second-order valence-corrected chi connectivity index (χ2v) is 6.82. The predicted octanol–water partition coefficient (Wildman–Crippen LogP) is 4.18. The van der Waals surface area contributed by atoms with Crippen molar-refractivity contribution in [1.82, 2.24) is 9.88 Å². The molecule has 2 heterocycles. The number of esters is 1. The van der Waals surface area contributed by atoms with Crippen molar-refractivity contribution in [3.8, 4) is 5.75 Å². The Morgan fingerprint density at radius 2 is 1.90 bits per heavy atom. The van der Waals surface area contributed by atoms with E-state index in [0.717, 1.165) is 11.4 Å². The van der Waals surface area contributed by atoms with E-state index in [9.17, 15) is 9.59 Å². The lowest BCUT2D eigenvalue weighted by molar-refractivity contribution is 0.0598. The molecular weight excluding hydrogens is 398 g/mol. The third-order valence-corrected chi connectivity index (χ3v) is 4.58. The first-order valence-electron chi connectivity index (χ1n) is 9.81. The molecule has 0 unspecified atom stereocenters. The highest BCUT2D eigenvalue weighted by Crippen LogP contribution is 2.23. The van der Waals surface area contributed by atoms with E-state index >= 15 is 0 Å². The molecule has 0 saturated heterocycles. The molecule has 0 aliphatic rings. The highest BCUT2D eigenvalue weighted by molar-refractivity contribution is 5.99. The van der Waals surface area contributed by atoms with Gasteiger partial charge in [-0.1, -0.05) is 0 Å². The maximum atomic E-state index is 13.1. The zero-order chi connectivity index (χ0) is 22.4. The Balaban J connectivity index is 1.75. The molecule has 0 aliphatic heterocycles. The molecule has 3 rings (SSSR count). The summed E-state index contributed by atoms with van der Waals surface area (Å²) in [6.45, 7) is 4.38. The summed E-state index contributed by atoms with van der Waals surface area (Å²) in [7, 11) is 2.97. The van der Waals surface area contributed by atoms with Gasteiger partial charge in [0.25, 0.3) is 5.91 Å². The number of carbonyl (C=O) groups excluding carboxylic acids is 2. The standard InChI is InChI=1S/C23H25N3O5/c1-5-30-17-10-8-16(9-11-17)25-21-19(7-6-12-24-21)22(27)26(3)14-18-13-20(15(2)31-18)23(28)29-4/h6-13H,5,14H2,1-4H3,(H,24,25). The molecule has 3 aromatic rings. The Kier molecular flexibility index (Phi) is 6.92. The van der Waals surface area contributed by atoms with Crippen molar-refractivity contribution < 1.29 is 23.5 Å². The third kappa shape index (κ3) is 5.22.